The van der Waals surface area contributed by atoms with Gasteiger partial charge in [0.15, 0.2) is 19.7 Å². The third-order valence-corrected chi connectivity index (χ3v) is 10.1. The van der Waals surface area contributed by atoms with Gasteiger partial charge in [0, 0.05) is 37.7 Å². The highest BCUT2D eigenvalue weighted by Gasteiger charge is 2.38. The van der Waals surface area contributed by atoms with Crippen molar-refractivity contribution < 1.29 is 26.4 Å². The molecule has 2 saturated heterocycles. The van der Waals surface area contributed by atoms with Crippen LogP contribution in [0.5, 0.6) is 0 Å². The van der Waals surface area contributed by atoms with Crippen LogP contribution in [-0.2, 0) is 35.8 Å². The third kappa shape index (κ3) is 4.84. The molecule has 0 aliphatic carbocycles. The second-order valence-corrected chi connectivity index (χ2v) is 13.6. The number of rotatable bonds is 5. The molecule has 1 aromatic rings. The number of hydrogen-bond donors (Lipinski definition) is 0. The van der Waals surface area contributed by atoms with Crippen LogP contribution in [0.4, 0.5) is 0 Å². The summed E-state index contributed by atoms with van der Waals surface area (Å²) in [6.07, 6.45) is 1.16. The predicted molar refractivity (Wildman–Crippen MR) is 121 cm³/mol. The molecule has 0 spiro atoms. The second kappa shape index (κ2) is 8.49. The number of aryl methyl sites for hydroxylation is 1. The number of carbonyl (C=O) groups is 2. The molecule has 1 aromatic heterocycles. The van der Waals surface area contributed by atoms with E-state index in [-0.39, 0.29) is 66.0 Å². The van der Waals surface area contributed by atoms with Gasteiger partial charge in [-0.15, -0.1) is 0 Å². The maximum absolute atomic E-state index is 13.1. The van der Waals surface area contributed by atoms with E-state index in [1.807, 2.05) is 13.8 Å². The maximum Gasteiger partial charge on any atom is 0.270 e. The van der Waals surface area contributed by atoms with Crippen LogP contribution >= 0.6 is 0 Å². The first kappa shape index (κ1) is 23.9. The predicted octanol–water partition coefficient (Wildman–Crippen LogP) is -0.0166. The van der Waals surface area contributed by atoms with E-state index >= 15 is 0 Å². The van der Waals surface area contributed by atoms with E-state index < -0.39 is 25.7 Å². The van der Waals surface area contributed by atoms with Gasteiger partial charge in [-0.1, -0.05) is 0 Å². The highest BCUT2D eigenvalue weighted by Crippen LogP contribution is 2.28. The average molecular weight is 500 g/mol. The molecule has 0 radical (unpaired) electrons. The first-order valence-electron chi connectivity index (χ1n) is 11.0. The van der Waals surface area contributed by atoms with Gasteiger partial charge in [-0.2, -0.15) is 10.2 Å². The minimum atomic E-state index is -3.19. The van der Waals surface area contributed by atoms with Gasteiger partial charge in [-0.3, -0.25) is 14.3 Å². The summed E-state index contributed by atoms with van der Waals surface area (Å²) in [5, 5.41) is 9.99. The molecule has 0 bridgehead atoms. The van der Waals surface area contributed by atoms with Gasteiger partial charge in [0.05, 0.1) is 40.8 Å². The quantitative estimate of drug-likeness (QED) is 0.555. The highest BCUT2D eigenvalue weighted by atomic mass is 32.2. The van der Waals surface area contributed by atoms with Crippen molar-refractivity contribution in [2.45, 2.75) is 58.2 Å². The van der Waals surface area contributed by atoms with Crippen LogP contribution in [0.1, 0.15) is 48.7 Å². The van der Waals surface area contributed by atoms with Gasteiger partial charge in [0.1, 0.15) is 5.71 Å². The van der Waals surface area contributed by atoms with Gasteiger partial charge in [-0.25, -0.2) is 21.8 Å². The fraction of sp³-hybridized carbons (Fsp3) is 0.700. The van der Waals surface area contributed by atoms with Gasteiger partial charge in [-0.05, 0) is 26.7 Å². The van der Waals surface area contributed by atoms with Crippen LogP contribution in [0, 0.1) is 13.8 Å². The first-order chi connectivity index (χ1) is 15.4. The maximum atomic E-state index is 13.1. The summed E-state index contributed by atoms with van der Waals surface area (Å²) in [6.45, 7) is 3.97. The van der Waals surface area contributed by atoms with Gasteiger partial charge in [0.25, 0.3) is 5.91 Å². The van der Waals surface area contributed by atoms with Crippen molar-refractivity contribution in [2.75, 3.05) is 30.1 Å². The van der Waals surface area contributed by atoms with Crippen molar-refractivity contribution in [3.8, 4) is 0 Å². The van der Waals surface area contributed by atoms with E-state index in [1.54, 1.807) is 11.7 Å². The van der Waals surface area contributed by atoms with Gasteiger partial charge < -0.3 is 4.90 Å². The monoisotopic (exact) mass is 499 g/mol. The lowest BCUT2D eigenvalue weighted by Gasteiger charge is -2.29. The van der Waals surface area contributed by atoms with Crippen LogP contribution in [0.2, 0.25) is 0 Å². The fourth-order valence-electron chi connectivity index (χ4n) is 4.76. The average Bonchev–Trinajstić information content (AvgIpc) is 3.37. The number of sulfone groups is 2. The van der Waals surface area contributed by atoms with Gasteiger partial charge >= 0.3 is 0 Å². The number of hydrogen-bond acceptors (Lipinski definition) is 8. The topological polar surface area (TPSA) is 139 Å². The Morgan fingerprint density at radius 1 is 1.03 bits per heavy atom. The van der Waals surface area contributed by atoms with E-state index in [1.165, 1.54) is 9.91 Å². The summed E-state index contributed by atoms with van der Waals surface area (Å²) in [5.74, 6) is -0.486. The molecule has 13 heteroatoms. The molecule has 11 nitrogen and oxygen atoms in total. The lowest BCUT2D eigenvalue weighted by molar-refractivity contribution is -0.134. The van der Waals surface area contributed by atoms with Crippen LogP contribution in [-0.4, -0.2) is 90.2 Å². The third-order valence-electron chi connectivity index (χ3n) is 6.63. The smallest absolute Gasteiger partial charge is 0.270 e. The molecule has 2 amide bonds. The molecular formula is C20H29N5O6S2. The number of carbonyl (C=O) groups excluding carboxylic acids is 2. The Hall–Kier alpha value is -2.28. The van der Waals surface area contributed by atoms with E-state index in [0.29, 0.717) is 12.8 Å². The Morgan fingerprint density at radius 2 is 1.64 bits per heavy atom. The Balaban J connectivity index is 1.50. The molecule has 0 N–H and O–H groups in total. The molecule has 0 unspecified atom stereocenters. The van der Waals surface area contributed by atoms with Crippen molar-refractivity contribution >= 4 is 37.2 Å². The van der Waals surface area contributed by atoms with Crippen LogP contribution in [0.15, 0.2) is 5.10 Å². The first-order valence-corrected chi connectivity index (χ1v) is 14.6. The van der Waals surface area contributed by atoms with E-state index in [2.05, 4.69) is 10.2 Å². The number of hydrazone groups is 1. The minimum absolute atomic E-state index is 0.0188. The van der Waals surface area contributed by atoms with Crippen molar-refractivity contribution in [1.82, 2.24) is 19.7 Å². The molecule has 2 fully saturated rings. The minimum Gasteiger partial charge on any atom is -0.336 e. The highest BCUT2D eigenvalue weighted by molar-refractivity contribution is 7.91. The summed E-state index contributed by atoms with van der Waals surface area (Å²) in [5.41, 5.74) is 2.63. The fourth-order valence-corrected chi connectivity index (χ4v) is 8.14. The summed E-state index contributed by atoms with van der Waals surface area (Å²) in [4.78, 5) is 26.9. The Labute approximate surface area is 193 Å². The second-order valence-electron chi connectivity index (χ2n) is 9.15. The van der Waals surface area contributed by atoms with Crippen molar-refractivity contribution in [2.24, 2.45) is 5.10 Å². The largest absolute Gasteiger partial charge is 0.336 e. The van der Waals surface area contributed by atoms with Crippen molar-refractivity contribution in [3.05, 3.63) is 17.0 Å². The zero-order valence-electron chi connectivity index (χ0n) is 19.0. The van der Waals surface area contributed by atoms with Crippen LogP contribution in [0.3, 0.4) is 0 Å². The molecule has 4 rings (SSSR count). The molecule has 4 heterocycles. The summed E-state index contributed by atoms with van der Waals surface area (Å²) >= 11 is 0. The zero-order valence-corrected chi connectivity index (χ0v) is 20.7. The summed E-state index contributed by atoms with van der Waals surface area (Å²) in [7, 11) is -4.60. The van der Waals surface area contributed by atoms with Crippen LogP contribution < -0.4 is 0 Å². The van der Waals surface area contributed by atoms with E-state index in [4.69, 9.17) is 0 Å². The van der Waals surface area contributed by atoms with Crippen molar-refractivity contribution in [3.63, 3.8) is 0 Å². The summed E-state index contributed by atoms with van der Waals surface area (Å²) in [6, 6.07) is -0.727. The lowest BCUT2D eigenvalue weighted by Crippen LogP contribution is -2.44. The standard InChI is InChI=1S/C20H29N5O6S2/c1-13-17(14(2)24(21-13)15-6-8-32(28,29)11-15)10-23(3)20(27)18-4-5-19(26)25(22-18)16-7-9-33(30,31)12-16/h15-16H,4-12H2,1-3H3/t15-,16-/m1/s1. The Bertz CT molecular complexity index is 1230. The molecule has 33 heavy (non-hydrogen) atoms. The molecular weight excluding hydrogens is 470 g/mol. The zero-order chi connectivity index (χ0) is 24.1. The Kier molecular flexibility index (Phi) is 6.14. The molecule has 0 aromatic carbocycles. The van der Waals surface area contributed by atoms with Gasteiger partial charge in [0.2, 0.25) is 5.91 Å². The van der Waals surface area contributed by atoms with Crippen LogP contribution in [0.25, 0.3) is 0 Å². The molecule has 0 saturated carbocycles. The number of nitrogens with zero attached hydrogens (tertiary/aromatic N) is 5. The number of aromatic nitrogens is 2. The Morgan fingerprint density at radius 3 is 2.21 bits per heavy atom. The summed E-state index contributed by atoms with van der Waals surface area (Å²) < 4.78 is 49.1. The van der Waals surface area contributed by atoms with Crippen molar-refractivity contribution in [1.29, 1.82) is 0 Å². The molecule has 182 valence electrons. The lowest BCUT2D eigenvalue weighted by atomic mass is 10.1. The normalized spacial score (nSPS) is 26.5. The SMILES string of the molecule is Cc1nn([C@@H]2CCS(=O)(=O)C2)c(C)c1CN(C)C(=O)C1=NN([C@@H]2CCS(=O)(=O)C2)C(=O)CC1. The van der Waals surface area contributed by atoms with E-state index in [9.17, 15) is 26.4 Å². The number of amides is 2. The molecule has 3 aliphatic heterocycles. The molecule has 2 atom stereocenters. The van der Waals surface area contributed by atoms with E-state index in [0.717, 1.165) is 17.0 Å². The molecule has 3 aliphatic rings.